The van der Waals surface area contributed by atoms with Gasteiger partial charge in [0.15, 0.2) is 11.4 Å². The third-order valence-corrected chi connectivity index (χ3v) is 5.83. The lowest BCUT2D eigenvalue weighted by atomic mass is 10.1. The van der Waals surface area contributed by atoms with Crippen LogP contribution in [-0.4, -0.2) is 64.6 Å². The number of piperazine rings is 1. The first-order valence-corrected chi connectivity index (χ1v) is 10.5. The molecule has 9 heteroatoms. The third-order valence-electron chi connectivity index (χ3n) is 5.83. The van der Waals surface area contributed by atoms with E-state index in [0.717, 1.165) is 50.2 Å². The number of amides is 3. The molecule has 31 heavy (non-hydrogen) atoms. The topological polar surface area (TPSA) is 94.8 Å². The molecule has 2 aromatic heterocycles. The normalized spacial score (nSPS) is 18.5. The van der Waals surface area contributed by atoms with E-state index in [1.807, 2.05) is 30.5 Å². The molecule has 0 saturated carbocycles. The summed E-state index contributed by atoms with van der Waals surface area (Å²) in [4.78, 5) is 34.2. The lowest BCUT2D eigenvalue weighted by molar-refractivity contribution is -0.120. The molecule has 0 spiro atoms. The summed E-state index contributed by atoms with van der Waals surface area (Å²) in [6, 6.07) is 9.61. The Morgan fingerprint density at radius 1 is 0.968 bits per heavy atom. The molecular weight excluding hydrogens is 396 g/mol. The first-order valence-electron chi connectivity index (χ1n) is 10.5. The van der Waals surface area contributed by atoms with Gasteiger partial charge in [0, 0.05) is 64.6 Å². The van der Waals surface area contributed by atoms with Crippen molar-refractivity contribution in [1.82, 2.24) is 25.3 Å². The second-order valence-electron chi connectivity index (χ2n) is 8.01. The Morgan fingerprint density at radius 2 is 1.74 bits per heavy atom. The van der Waals surface area contributed by atoms with Crippen LogP contribution >= 0.6 is 0 Å². The summed E-state index contributed by atoms with van der Waals surface area (Å²) in [6.45, 7) is 6.06. The van der Waals surface area contributed by atoms with Crippen molar-refractivity contribution in [3.63, 3.8) is 0 Å². The standard InChI is InChI=1S/C22H24N6O3/c29-20-5-7-28(22(30)24-20)21-18-12-16(3-4-19(18)31-25-21)14-26-8-10-27(11-9-26)15-17-2-1-6-23-13-17/h1-4,6,12-13H,5,7-11,14-15H2,(H,24,29,30). The zero-order chi connectivity index (χ0) is 21.2. The molecule has 9 nitrogen and oxygen atoms in total. The van der Waals surface area contributed by atoms with E-state index in [4.69, 9.17) is 4.52 Å². The molecule has 0 radical (unpaired) electrons. The second-order valence-corrected chi connectivity index (χ2v) is 8.01. The fourth-order valence-corrected chi connectivity index (χ4v) is 4.15. The van der Waals surface area contributed by atoms with E-state index in [1.54, 1.807) is 6.20 Å². The molecule has 0 atom stereocenters. The van der Waals surface area contributed by atoms with Crippen LogP contribution in [0.1, 0.15) is 17.5 Å². The first-order chi connectivity index (χ1) is 15.2. The van der Waals surface area contributed by atoms with Gasteiger partial charge in [-0.05, 0) is 29.3 Å². The van der Waals surface area contributed by atoms with Crippen molar-refractivity contribution in [3.8, 4) is 0 Å². The molecule has 1 N–H and O–H groups in total. The zero-order valence-electron chi connectivity index (χ0n) is 17.2. The van der Waals surface area contributed by atoms with Crippen molar-refractivity contribution < 1.29 is 14.1 Å². The van der Waals surface area contributed by atoms with Gasteiger partial charge in [0.2, 0.25) is 5.91 Å². The van der Waals surface area contributed by atoms with Crippen LogP contribution < -0.4 is 10.2 Å². The van der Waals surface area contributed by atoms with Crippen LogP contribution in [0.5, 0.6) is 0 Å². The number of anilines is 1. The van der Waals surface area contributed by atoms with E-state index < -0.39 is 6.03 Å². The number of nitrogens with one attached hydrogen (secondary N) is 1. The molecule has 160 valence electrons. The average molecular weight is 420 g/mol. The maximum Gasteiger partial charge on any atom is 0.329 e. The first kappa shape index (κ1) is 19.7. The van der Waals surface area contributed by atoms with Crippen molar-refractivity contribution in [2.45, 2.75) is 19.5 Å². The van der Waals surface area contributed by atoms with E-state index in [1.165, 1.54) is 10.5 Å². The summed E-state index contributed by atoms with van der Waals surface area (Å²) < 4.78 is 5.41. The molecule has 3 aromatic rings. The quantitative estimate of drug-likeness (QED) is 0.674. The van der Waals surface area contributed by atoms with Gasteiger partial charge >= 0.3 is 6.03 Å². The minimum Gasteiger partial charge on any atom is -0.354 e. The van der Waals surface area contributed by atoms with Crippen LogP contribution in [0.4, 0.5) is 10.6 Å². The fourth-order valence-electron chi connectivity index (χ4n) is 4.15. The molecule has 0 unspecified atom stereocenters. The number of aromatic nitrogens is 2. The Balaban J connectivity index is 1.24. The maximum atomic E-state index is 12.2. The van der Waals surface area contributed by atoms with Gasteiger partial charge in [-0.15, -0.1) is 0 Å². The van der Waals surface area contributed by atoms with Crippen LogP contribution in [0.3, 0.4) is 0 Å². The summed E-state index contributed by atoms with van der Waals surface area (Å²) in [6.07, 6.45) is 3.98. The largest absolute Gasteiger partial charge is 0.354 e. The summed E-state index contributed by atoms with van der Waals surface area (Å²) >= 11 is 0. The number of hydrogen-bond acceptors (Lipinski definition) is 7. The van der Waals surface area contributed by atoms with E-state index >= 15 is 0 Å². The van der Waals surface area contributed by atoms with Crippen LogP contribution in [-0.2, 0) is 17.9 Å². The second kappa shape index (κ2) is 8.44. The molecular formula is C22H24N6O3. The average Bonchev–Trinajstić information content (AvgIpc) is 3.19. The van der Waals surface area contributed by atoms with Crippen LogP contribution in [0.2, 0.25) is 0 Å². The lowest BCUT2D eigenvalue weighted by Crippen LogP contribution is -2.49. The maximum absolute atomic E-state index is 12.2. The van der Waals surface area contributed by atoms with E-state index in [-0.39, 0.29) is 12.3 Å². The Hall–Kier alpha value is -3.30. The Labute approximate surface area is 179 Å². The number of fused-ring (bicyclic) bond motifs is 1. The number of carbonyl (C=O) groups excluding carboxylic acids is 2. The number of benzene rings is 1. The number of rotatable bonds is 5. The number of urea groups is 1. The predicted molar refractivity (Wildman–Crippen MR) is 114 cm³/mol. The molecule has 2 saturated heterocycles. The van der Waals surface area contributed by atoms with Gasteiger partial charge in [-0.1, -0.05) is 17.3 Å². The van der Waals surface area contributed by atoms with Crippen LogP contribution in [0, 0.1) is 0 Å². The number of hydrogen-bond donors (Lipinski definition) is 1. The minimum atomic E-state index is -0.457. The minimum absolute atomic E-state index is 0.253. The monoisotopic (exact) mass is 420 g/mol. The van der Waals surface area contributed by atoms with Crippen molar-refractivity contribution in [2.24, 2.45) is 0 Å². The molecule has 2 fully saturated rings. The van der Waals surface area contributed by atoms with Crippen molar-refractivity contribution >= 4 is 28.7 Å². The highest BCUT2D eigenvalue weighted by Gasteiger charge is 2.28. The number of nitrogens with zero attached hydrogens (tertiary/aromatic N) is 5. The van der Waals surface area contributed by atoms with Crippen LogP contribution in [0.15, 0.2) is 47.2 Å². The molecule has 0 bridgehead atoms. The third kappa shape index (κ3) is 4.28. The Morgan fingerprint density at radius 3 is 2.45 bits per heavy atom. The molecule has 4 heterocycles. The highest BCUT2D eigenvalue weighted by atomic mass is 16.5. The van der Waals surface area contributed by atoms with Gasteiger partial charge in [-0.3, -0.25) is 29.8 Å². The van der Waals surface area contributed by atoms with E-state index in [9.17, 15) is 9.59 Å². The smallest absolute Gasteiger partial charge is 0.329 e. The molecule has 1 aromatic carbocycles. The fraction of sp³-hybridized carbons (Fsp3) is 0.364. The number of imide groups is 1. The highest BCUT2D eigenvalue weighted by Crippen LogP contribution is 2.28. The zero-order valence-corrected chi connectivity index (χ0v) is 17.2. The van der Waals surface area contributed by atoms with E-state index in [2.05, 4.69) is 31.3 Å². The van der Waals surface area contributed by atoms with Gasteiger partial charge < -0.3 is 4.52 Å². The van der Waals surface area contributed by atoms with Gasteiger partial charge in [0.1, 0.15) is 0 Å². The highest BCUT2D eigenvalue weighted by molar-refractivity contribution is 6.08. The predicted octanol–water partition coefficient (Wildman–Crippen LogP) is 1.99. The van der Waals surface area contributed by atoms with Crippen molar-refractivity contribution in [2.75, 3.05) is 37.6 Å². The van der Waals surface area contributed by atoms with Crippen molar-refractivity contribution in [3.05, 3.63) is 53.9 Å². The summed E-state index contributed by atoms with van der Waals surface area (Å²) in [5.41, 5.74) is 3.01. The molecule has 3 amide bonds. The molecule has 0 aliphatic carbocycles. The molecule has 5 rings (SSSR count). The lowest BCUT2D eigenvalue weighted by Gasteiger charge is -2.34. The van der Waals surface area contributed by atoms with Gasteiger partial charge in [0.25, 0.3) is 0 Å². The number of pyridine rings is 1. The van der Waals surface area contributed by atoms with Gasteiger partial charge in [-0.2, -0.15) is 0 Å². The molecule has 2 aliphatic heterocycles. The summed E-state index contributed by atoms with van der Waals surface area (Å²) in [5, 5.41) is 7.21. The van der Waals surface area contributed by atoms with Crippen LogP contribution in [0.25, 0.3) is 11.0 Å². The van der Waals surface area contributed by atoms with E-state index in [0.29, 0.717) is 17.9 Å². The summed E-state index contributed by atoms with van der Waals surface area (Å²) in [5.74, 6) is 0.195. The van der Waals surface area contributed by atoms with Gasteiger partial charge in [0.05, 0.1) is 5.39 Å². The van der Waals surface area contributed by atoms with Crippen molar-refractivity contribution in [1.29, 1.82) is 0 Å². The summed E-state index contributed by atoms with van der Waals surface area (Å²) in [7, 11) is 0. The number of carbonyl (C=O) groups is 2. The Kier molecular flexibility index (Phi) is 5.35. The SMILES string of the molecule is O=C1CCN(c2noc3ccc(CN4CCN(Cc5cccnc5)CC4)cc23)C(=O)N1. The Bertz CT molecular complexity index is 1090. The molecule has 2 aliphatic rings. The van der Waals surface area contributed by atoms with Gasteiger partial charge in [-0.25, -0.2) is 4.79 Å².